The molecule has 0 atom stereocenters. The predicted molar refractivity (Wildman–Crippen MR) is 89.8 cm³/mol. The normalized spacial score (nSPS) is 16.2. The monoisotopic (exact) mass is 366 g/mol. The van der Waals surface area contributed by atoms with Crippen molar-refractivity contribution >= 4 is 29.9 Å². The molecule has 106 valence electrons. The predicted octanol–water partition coefficient (Wildman–Crippen LogP) is 1.83. The Labute approximate surface area is 128 Å². The van der Waals surface area contributed by atoms with Crippen LogP contribution >= 0.6 is 24.0 Å². The van der Waals surface area contributed by atoms with Crippen LogP contribution in [0.5, 0.6) is 0 Å². The van der Waals surface area contributed by atoms with Gasteiger partial charge in [-0.3, -0.25) is 4.99 Å². The Kier molecular flexibility index (Phi) is 9.45. The topological polar surface area (TPSA) is 39.7 Å². The highest BCUT2D eigenvalue weighted by Crippen LogP contribution is 2.08. The molecule has 2 N–H and O–H groups in total. The van der Waals surface area contributed by atoms with Crippen LogP contribution < -0.4 is 10.6 Å². The van der Waals surface area contributed by atoms with E-state index in [1.165, 1.54) is 0 Å². The van der Waals surface area contributed by atoms with Crippen molar-refractivity contribution in [1.82, 2.24) is 15.5 Å². The molecule has 0 amide bonds. The largest absolute Gasteiger partial charge is 0.355 e. The van der Waals surface area contributed by atoms with E-state index in [2.05, 4.69) is 53.6 Å². The van der Waals surface area contributed by atoms with Gasteiger partial charge in [-0.05, 0) is 33.7 Å². The van der Waals surface area contributed by atoms with Crippen LogP contribution in [0.2, 0.25) is 0 Å². The number of aliphatic imine (C=N–C) groups is 1. The van der Waals surface area contributed by atoms with Gasteiger partial charge in [0.25, 0.3) is 0 Å². The highest BCUT2D eigenvalue weighted by atomic mass is 127. The van der Waals surface area contributed by atoms with Crippen molar-refractivity contribution in [3.63, 3.8) is 0 Å². The molecule has 1 aliphatic carbocycles. The summed E-state index contributed by atoms with van der Waals surface area (Å²) in [6.45, 7) is 6.37. The summed E-state index contributed by atoms with van der Waals surface area (Å²) >= 11 is 0. The summed E-state index contributed by atoms with van der Waals surface area (Å²) in [6, 6.07) is 1.11. The molecule has 0 aromatic carbocycles. The molecule has 0 bridgehead atoms. The Morgan fingerprint density at radius 2 is 2.00 bits per heavy atom. The molecular formula is C13H27IN4. The van der Waals surface area contributed by atoms with E-state index in [-0.39, 0.29) is 24.0 Å². The fraction of sp³-hybridized carbons (Fsp3) is 0.769. The lowest BCUT2D eigenvalue weighted by atomic mass is 10.2. The molecule has 5 heteroatoms. The van der Waals surface area contributed by atoms with Crippen molar-refractivity contribution in [3.05, 3.63) is 12.2 Å². The number of guanidine groups is 1. The summed E-state index contributed by atoms with van der Waals surface area (Å²) in [5, 5.41) is 6.78. The highest BCUT2D eigenvalue weighted by Gasteiger charge is 2.11. The lowest BCUT2D eigenvalue weighted by Crippen LogP contribution is -2.45. The molecule has 0 saturated heterocycles. The Morgan fingerprint density at radius 3 is 2.50 bits per heavy atom. The van der Waals surface area contributed by atoms with Gasteiger partial charge in [0, 0.05) is 32.2 Å². The average molecular weight is 366 g/mol. The van der Waals surface area contributed by atoms with Gasteiger partial charge in [-0.25, -0.2) is 0 Å². The lowest BCUT2D eigenvalue weighted by molar-refractivity contribution is 0.278. The third-order valence-electron chi connectivity index (χ3n) is 3.21. The maximum atomic E-state index is 4.24. The Bertz CT molecular complexity index is 268. The van der Waals surface area contributed by atoms with Crippen LogP contribution in [0.1, 0.15) is 26.7 Å². The number of nitrogens with one attached hydrogen (secondary N) is 2. The van der Waals surface area contributed by atoms with E-state index in [1.54, 1.807) is 0 Å². The minimum Gasteiger partial charge on any atom is -0.355 e. The molecule has 4 nitrogen and oxygen atoms in total. The zero-order valence-electron chi connectivity index (χ0n) is 11.9. The maximum Gasteiger partial charge on any atom is 0.191 e. The smallest absolute Gasteiger partial charge is 0.191 e. The molecule has 18 heavy (non-hydrogen) atoms. The molecule has 1 aliphatic rings. The zero-order chi connectivity index (χ0) is 12.7. The fourth-order valence-corrected chi connectivity index (χ4v) is 1.73. The number of halogens is 1. The number of hydrogen-bond donors (Lipinski definition) is 2. The molecule has 0 saturated carbocycles. The molecule has 1 rings (SSSR count). The second-order valence-corrected chi connectivity index (χ2v) is 4.86. The molecule has 0 aliphatic heterocycles. The summed E-state index contributed by atoms with van der Waals surface area (Å²) < 4.78 is 0. The van der Waals surface area contributed by atoms with E-state index < -0.39 is 0 Å². The van der Waals surface area contributed by atoms with Crippen LogP contribution in [-0.2, 0) is 0 Å². The maximum absolute atomic E-state index is 4.24. The van der Waals surface area contributed by atoms with E-state index in [0.29, 0.717) is 12.1 Å². The molecule has 0 aromatic rings. The quantitative estimate of drug-likeness (QED) is 0.338. The summed E-state index contributed by atoms with van der Waals surface area (Å²) in [5.74, 6) is 0.913. The van der Waals surface area contributed by atoms with Gasteiger partial charge < -0.3 is 15.5 Å². The van der Waals surface area contributed by atoms with Crippen molar-refractivity contribution in [2.24, 2.45) is 4.99 Å². The van der Waals surface area contributed by atoms with Gasteiger partial charge in [0.1, 0.15) is 0 Å². The first-order valence-corrected chi connectivity index (χ1v) is 6.46. The summed E-state index contributed by atoms with van der Waals surface area (Å²) in [5.41, 5.74) is 0. The first kappa shape index (κ1) is 17.7. The van der Waals surface area contributed by atoms with Crippen LogP contribution in [0.15, 0.2) is 17.1 Å². The minimum absolute atomic E-state index is 0. The van der Waals surface area contributed by atoms with Crippen LogP contribution in [0.25, 0.3) is 0 Å². The van der Waals surface area contributed by atoms with Crippen LogP contribution in [0.3, 0.4) is 0 Å². The SMILES string of the molecule is CN=C(NCCN(C)C(C)C)NC1CC=CC1.I. The van der Waals surface area contributed by atoms with E-state index >= 15 is 0 Å². The third kappa shape index (κ3) is 6.58. The van der Waals surface area contributed by atoms with Gasteiger partial charge in [0.2, 0.25) is 0 Å². The second-order valence-electron chi connectivity index (χ2n) is 4.86. The molecule has 0 spiro atoms. The van der Waals surface area contributed by atoms with Gasteiger partial charge in [-0.15, -0.1) is 24.0 Å². The Hall–Kier alpha value is -0.300. The Morgan fingerprint density at radius 1 is 1.39 bits per heavy atom. The standard InChI is InChI=1S/C13H26N4.HI/c1-11(2)17(4)10-9-15-13(14-3)16-12-7-5-6-8-12;/h5-6,11-12H,7-10H2,1-4H3,(H2,14,15,16);1H. The van der Waals surface area contributed by atoms with Crippen LogP contribution in [0.4, 0.5) is 0 Å². The number of hydrogen-bond acceptors (Lipinski definition) is 2. The minimum atomic E-state index is 0. The van der Waals surface area contributed by atoms with Crippen molar-refractivity contribution in [2.45, 2.75) is 38.8 Å². The molecule has 0 fully saturated rings. The Balaban J connectivity index is 0.00000289. The van der Waals surface area contributed by atoms with E-state index in [1.807, 2.05) is 7.05 Å². The molecule has 0 unspecified atom stereocenters. The molecule has 0 radical (unpaired) electrons. The van der Waals surface area contributed by atoms with Crippen molar-refractivity contribution < 1.29 is 0 Å². The molecule has 0 heterocycles. The fourth-order valence-electron chi connectivity index (χ4n) is 1.73. The lowest BCUT2D eigenvalue weighted by Gasteiger charge is -2.22. The van der Waals surface area contributed by atoms with Crippen LogP contribution in [-0.4, -0.2) is 50.1 Å². The van der Waals surface area contributed by atoms with Gasteiger partial charge >= 0.3 is 0 Å². The van der Waals surface area contributed by atoms with Crippen molar-refractivity contribution in [2.75, 3.05) is 27.2 Å². The number of nitrogens with zero attached hydrogens (tertiary/aromatic N) is 2. The first-order chi connectivity index (χ1) is 8.13. The third-order valence-corrected chi connectivity index (χ3v) is 3.21. The second kappa shape index (κ2) is 9.61. The summed E-state index contributed by atoms with van der Waals surface area (Å²) in [6.07, 6.45) is 6.65. The summed E-state index contributed by atoms with van der Waals surface area (Å²) in [7, 11) is 3.97. The molecule has 0 aromatic heterocycles. The molecular weight excluding hydrogens is 339 g/mol. The number of rotatable bonds is 5. The van der Waals surface area contributed by atoms with Gasteiger partial charge in [-0.2, -0.15) is 0 Å². The van der Waals surface area contributed by atoms with Gasteiger partial charge in [0.15, 0.2) is 5.96 Å². The van der Waals surface area contributed by atoms with E-state index in [0.717, 1.165) is 31.9 Å². The highest BCUT2D eigenvalue weighted by molar-refractivity contribution is 14.0. The van der Waals surface area contributed by atoms with Crippen molar-refractivity contribution in [3.8, 4) is 0 Å². The van der Waals surface area contributed by atoms with Gasteiger partial charge in [-0.1, -0.05) is 12.2 Å². The average Bonchev–Trinajstić information content (AvgIpc) is 2.80. The van der Waals surface area contributed by atoms with Crippen molar-refractivity contribution in [1.29, 1.82) is 0 Å². The first-order valence-electron chi connectivity index (χ1n) is 6.46. The van der Waals surface area contributed by atoms with Crippen LogP contribution in [0, 0.1) is 0 Å². The number of likely N-dealkylation sites (N-methyl/N-ethyl adjacent to an activating group) is 1. The van der Waals surface area contributed by atoms with E-state index in [4.69, 9.17) is 0 Å². The summed E-state index contributed by atoms with van der Waals surface area (Å²) in [4.78, 5) is 6.56. The van der Waals surface area contributed by atoms with E-state index in [9.17, 15) is 0 Å². The van der Waals surface area contributed by atoms with Gasteiger partial charge in [0.05, 0.1) is 0 Å². The zero-order valence-corrected chi connectivity index (χ0v) is 14.3.